The highest BCUT2D eigenvalue weighted by atomic mass is 16.5. The van der Waals surface area contributed by atoms with Gasteiger partial charge in [0.2, 0.25) is 5.91 Å². The van der Waals surface area contributed by atoms with E-state index in [4.69, 9.17) is 19.9 Å². The first-order valence-electron chi connectivity index (χ1n) is 8.34. The van der Waals surface area contributed by atoms with Crippen LogP contribution in [0.4, 0.5) is 0 Å². The number of hydrogen-bond donors (Lipinski definition) is 3. The van der Waals surface area contributed by atoms with Crippen molar-refractivity contribution in [3.63, 3.8) is 0 Å². The number of nitrogens with two attached hydrogens (primary N) is 1. The number of hydrogen-bond acceptors (Lipinski definition) is 5. The van der Waals surface area contributed by atoms with Gasteiger partial charge in [0.15, 0.2) is 0 Å². The van der Waals surface area contributed by atoms with Gasteiger partial charge in [-0.05, 0) is 18.9 Å². The maximum absolute atomic E-state index is 11.8. The van der Waals surface area contributed by atoms with Crippen molar-refractivity contribution in [1.29, 1.82) is 0 Å². The molecular weight excluding hydrogens is 322 g/mol. The lowest BCUT2D eigenvalue weighted by Crippen LogP contribution is -2.32. The number of amides is 1. The second kappa shape index (κ2) is 9.29. The Morgan fingerprint density at radius 1 is 1.24 bits per heavy atom. The highest BCUT2D eigenvalue weighted by Gasteiger charge is 2.11. The Morgan fingerprint density at radius 3 is 2.68 bits per heavy atom. The highest BCUT2D eigenvalue weighted by Crippen LogP contribution is 2.31. The molecule has 0 bridgehead atoms. The van der Waals surface area contributed by atoms with Crippen LogP contribution in [0, 0.1) is 0 Å². The average Bonchev–Trinajstić information content (AvgIpc) is 3.05. The molecule has 0 fully saturated rings. The van der Waals surface area contributed by atoms with Crippen molar-refractivity contribution in [3.8, 4) is 11.5 Å². The van der Waals surface area contributed by atoms with Crippen LogP contribution in [0.15, 0.2) is 18.2 Å². The summed E-state index contributed by atoms with van der Waals surface area (Å²) in [5, 5.41) is 3.92. The minimum Gasteiger partial charge on any atom is -0.497 e. The normalized spacial score (nSPS) is 12.2. The molecule has 1 amide bonds. The fourth-order valence-electron chi connectivity index (χ4n) is 2.71. The van der Waals surface area contributed by atoms with E-state index in [0.717, 1.165) is 40.9 Å². The van der Waals surface area contributed by atoms with Gasteiger partial charge in [-0.1, -0.05) is 0 Å². The van der Waals surface area contributed by atoms with Crippen molar-refractivity contribution in [2.24, 2.45) is 5.73 Å². The van der Waals surface area contributed by atoms with E-state index in [1.807, 2.05) is 12.1 Å². The Bertz CT molecular complexity index is 695. The molecule has 1 atom stereocenters. The van der Waals surface area contributed by atoms with Gasteiger partial charge >= 0.3 is 0 Å². The number of aryl methyl sites for hydroxylation is 1. The van der Waals surface area contributed by atoms with Crippen molar-refractivity contribution >= 4 is 16.8 Å². The molecule has 2 aromatic rings. The standard InChI is InChI=1S/C18H27N3O4/c1-23-13-8-16-15(17(9-13)25-3)7-12(21-16)5-4-6-20-18(22)10-14(11-19)24-2/h7-9,14,21H,4-6,10-11,19H2,1-3H3,(H,20,22). The molecule has 1 unspecified atom stereocenters. The molecule has 0 aliphatic heterocycles. The molecule has 2 rings (SSSR count). The molecule has 7 heteroatoms. The number of carbonyl (C=O) groups is 1. The Morgan fingerprint density at radius 2 is 2.04 bits per heavy atom. The molecule has 1 heterocycles. The Labute approximate surface area is 147 Å². The fraction of sp³-hybridized carbons (Fsp3) is 0.500. The molecular formula is C18H27N3O4. The van der Waals surface area contributed by atoms with Gasteiger partial charge in [-0.2, -0.15) is 0 Å². The quantitative estimate of drug-likeness (QED) is 0.566. The number of methoxy groups -OCH3 is 3. The van der Waals surface area contributed by atoms with E-state index < -0.39 is 0 Å². The summed E-state index contributed by atoms with van der Waals surface area (Å²) in [6, 6.07) is 5.88. The maximum atomic E-state index is 11.8. The highest BCUT2D eigenvalue weighted by molar-refractivity contribution is 5.88. The van der Waals surface area contributed by atoms with Crippen LogP contribution in [0.5, 0.6) is 11.5 Å². The average molecular weight is 349 g/mol. The van der Waals surface area contributed by atoms with Crippen LogP contribution >= 0.6 is 0 Å². The molecule has 0 aliphatic rings. The molecule has 138 valence electrons. The van der Waals surface area contributed by atoms with E-state index in [0.29, 0.717) is 13.1 Å². The predicted molar refractivity (Wildman–Crippen MR) is 97.2 cm³/mol. The number of ether oxygens (including phenoxy) is 3. The van der Waals surface area contributed by atoms with E-state index in [1.165, 1.54) is 0 Å². The van der Waals surface area contributed by atoms with Gasteiger partial charge in [0, 0.05) is 43.4 Å². The summed E-state index contributed by atoms with van der Waals surface area (Å²) in [4.78, 5) is 15.2. The van der Waals surface area contributed by atoms with Crippen molar-refractivity contribution in [1.82, 2.24) is 10.3 Å². The van der Waals surface area contributed by atoms with Crippen molar-refractivity contribution in [2.75, 3.05) is 34.4 Å². The Kier molecular flexibility index (Phi) is 7.09. The molecule has 25 heavy (non-hydrogen) atoms. The zero-order valence-corrected chi connectivity index (χ0v) is 15.1. The van der Waals surface area contributed by atoms with Crippen LogP contribution < -0.4 is 20.5 Å². The van der Waals surface area contributed by atoms with E-state index >= 15 is 0 Å². The summed E-state index contributed by atoms with van der Waals surface area (Å²) < 4.78 is 15.8. The van der Waals surface area contributed by atoms with E-state index in [-0.39, 0.29) is 18.4 Å². The molecule has 0 saturated heterocycles. The molecule has 4 N–H and O–H groups in total. The third kappa shape index (κ3) is 5.11. The third-order valence-electron chi connectivity index (χ3n) is 4.14. The fourth-order valence-corrected chi connectivity index (χ4v) is 2.71. The molecule has 1 aromatic heterocycles. The zero-order chi connectivity index (χ0) is 18.2. The number of rotatable bonds is 10. The lowest BCUT2D eigenvalue weighted by atomic mass is 10.2. The maximum Gasteiger partial charge on any atom is 0.222 e. The first-order chi connectivity index (χ1) is 12.1. The Hall–Kier alpha value is -2.25. The number of benzene rings is 1. The van der Waals surface area contributed by atoms with Gasteiger partial charge in [0.05, 0.1) is 32.3 Å². The van der Waals surface area contributed by atoms with Crippen LogP contribution in [0.25, 0.3) is 10.9 Å². The summed E-state index contributed by atoms with van der Waals surface area (Å²) in [7, 11) is 4.83. The summed E-state index contributed by atoms with van der Waals surface area (Å²) in [5.41, 5.74) is 7.58. The van der Waals surface area contributed by atoms with Gasteiger partial charge in [-0.3, -0.25) is 4.79 Å². The van der Waals surface area contributed by atoms with E-state index in [9.17, 15) is 4.79 Å². The minimum absolute atomic E-state index is 0.0413. The molecule has 1 aromatic carbocycles. The second-order valence-electron chi connectivity index (χ2n) is 5.84. The topological polar surface area (TPSA) is 98.6 Å². The first-order valence-corrected chi connectivity index (χ1v) is 8.34. The number of fused-ring (bicyclic) bond motifs is 1. The second-order valence-corrected chi connectivity index (χ2v) is 5.84. The number of nitrogens with one attached hydrogen (secondary N) is 2. The Balaban J connectivity index is 1.88. The molecule has 0 radical (unpaired) electrons. The third-order valence-corrected chi connectivity index (χ3v) is 4.14. The summed E-state index contributed by atoms with van der Waals surface area (Å²) >= 11 is 0. The van der Waals surface area contributed by atoms with Gasteiger partial charge in [0.25, 0.3) is 0 Å². The van der Waals surface area contributed by atoms with Crippen LogP contribution in [0.3, 0.4) is 0 Å². The van der Waals surface area contributed by atoms with Crippen LogP contribution in [0.2, 0.25) is 0 Å². The van der Waals surface area contributed by atoms with Crippen LogP contribution in [0.1, 0.15) is 18.5 Å². The number of H-pyrrole nitrogens is 1. The smallest absolute Gasteiger partial charge is 0.222 e. The van der Waals surface area contributed by atoms with Crippen LogP contribution in [-0.4, -0.2) is 51.4 Å². The molecule has 0 spiro atoms. The summed E-state index contributed by atoms with van der Waals surface area (Å²) in [6.45, 7) is 0.944. The van der Waals surface area contributed by atoms with Gasteiger partial charge in [0.1, 0.15) is 11.5 Å². The first kappa shape index (κ1) is 19.1. The van der Waals surface area contributed by atoms with Gasteiger partial charge in [-0.15, -0.1) is 0 Å². The van der Waals surface area contributed by atoms with E-state index in [1.54, 1.807) is 21.3 Å². The van der Waals surface area contributed by atoms with Crippen LogP contribution in [-0.2, 0) is 16.0 Å². The van der Waals surface area contributed by atoms with Crippen molar-refractivity contribution in [2.45, 2.75) is 25.4 Å². The predicted octanol–water partition coefficient (Wildman–Crippen LogP) is 1.60. The molecule has 0 aliphatic carbocycles. The molecule has 7 nitrogen and oxygen atoms in total. The van der Waals surface area contributed by atoms with Gasteiger partial charge < -0.3 is 30.2 Å². The molecule has 0 saturated carbocycles. The number of aromatic nitrogens is 1. The van der Waals surface area contributed by atoms with Crippen molar-refractivity contribution < 1.29 is 19.0 Å². The lowest BCUT2D eigenvalue weighted by Gasteiger charge is -2.12. The van der Waals surface area contributed by atoms with Gasteiger partial charge in [-0.25, -0.2) is 0 Å². The number of carbonyl (C=O) groups excluding carboxylic acids is 1. The minimum atomic E-state index is -0.226. The monoisotopic (exact) mass is 349 g/mol. The van der Waals surface area contributed by atoms with Crippen molar-refractivity contribution in [3.05, 3.63) is 23.9 Å². The SMILES string of the molecule is COc1cc(OC)c2cc(CCCNC(=O)CC(CN)OC)[nH]c2c1. The lowest BCUT2D eigenvalue weighted by molar-refractivity contribution is -0.123. The van der Waals surface area contributed by atoms with E-state index in [2.05, 4.69) is 16.4 Å². The largest absolute Gasteiger partial charge is 0.497 e. The zero-order valence-electron chi connectivity index (χ0n) is 15.1. The summed E-state index contributed by atoms with van der Waals surface area (Å²) in [6.07, 6.45) is 1.72. The number of aromatic amines is 1. The summed E-state index contributed by atoms with van der Waals surface area (Å²) in [5.74, 6) is 1.48.